The topological polar surface area (TPSA) is 51.8 Å². The predicted molar refractivity (Wildman–Crippen MR) is 106 cm³/mol. The lowest BCUT2D eigenvalue weighted by Crippen LogP contribution is -2.18. The summed E-state index contributed by atoms with van der Waals surface area (Å²) in [5.41, 5.74) is 0.0547. The van der Waals surface area contributed by atoms with Gasteiger partial charge in [0.2, 0.25) is 0 Å². The summed E-state index contributed by atoms with van der Waals surface area (Å²) in [6.07, 6.45) is 1.67. The predicted octanol–water partition coefficient (Wildman–Crippen LogP) is 5.95. The third-order valence-electron chi connectivity index (χ3n) is 5.07. The van der Waals surface area contributed by atoms with Crippen molar-refractivity contribution in [2.75, 3.05) is 0 Å². The zero-order chi connectivity index (χ0) is 20.9. The third kappa shape index (κ3) is 2.99. The molecule has 0 aliphatic carbocycles. The normalized spacial score (nSPS) is 13.6. The lowest BCUT2D eigenvalue weighted by molar-refractivity contribution is 0.235. The van der Waals surface area contributed by atoms with Crippen LogP contribution in [0.4, 0.5) is 13.2 Å². The molecule has 5 rings (SSSR count). The molecule has 1 atom stereocenters. The molecule has 0 aliphatic rings. The van der Waals surface area contributed by atoms with Crippen LogP contribution in [0.5, 0.6) is 0 Å². The molecule has 4 nitrogen and oxygen atoms in total. The number of aromatic nitrogens is 3. The number of nitrogens with zero attached hydrogens (tertiary/aromatic N) is 3. The van der Waals surface area contributed by atoms with E-state index in [-0.39, 0.29) is 28.1 Å². The fraction of sp³-hybridized carbons (Fsp3) is 0.0870. The first kappa shape index (κ1) is 18.3. The first-order valence-corrected chi connectivity index (χ1v) is 9.19. The van der Waals surface area contributed by atoms with Gasteiger partial charge in [0.1, 0.15) is 17.2 Å². The Morgan fingerprint density at radius 1 is 0.933 bits per heavy atom. The molecule has 0 fully saturated rings. The molecule has 0 spiro atoms. The van der Waals surface area contributed by atoms with E-state index in [1.807, 2.05) is 6.07 Å². The number of hydrogen-bond donors (Lipinski definition) is 0. The number of benzene rings is 2. The van der Waals surface area contributed by atoms with Crippen molar-refractivity contribution in [3.63, 3.8) is 0 Å². The van der Waals surface area contributed by atoms with Gasteiger partial charge in [-0.25, -0.2) is 18.2 Å². The Kier molecular flexibility index (Phi) is 4.06. The van der Waals surface area contributed by atoms with E-state index >= 15 is 4.39 Å². The Hall–Kier alpha value is -3.74. The van der Waals surface area contributed by atoms with Crippen molar-refractivity contribution in [2.24, 2.45) is 0 Å². The van der Waals surface area contributed by atoms with Crippen LogP contribution >= 0.6 is 0 Å². The minimum absolute atomic E-state index is 0.0144. The molecular weight excluding hydrogens is 391 g/mol. The summed E-state index contributed by atoms with van der Waals surface area (Å²) in [5.74, 6) is -1.45. The first-order valence-electron chi connectivity index (χ1n) is 9.19. The van der Waals surface area contributed by atoms with Gasteiger partial charge in [-0.1, -0.05) is 17.3 Å². The van der Waals surface area contributed by atoms with Crippen molar-refractivity contribution in [1.82, 2.24) is 15.1 Å². The molecule has 0 saturated heterocycles. The zero-order valence-corrected chi connectivity index (χ0v) is 15.7. The lowest BCUT2D eigenvalue weighted by atomic mass is 9.92. The van der Waals surface area contributed by atoms with Crippen LogP contribution in [0, 0.1) is 11.6 Å². The van der Waals surface area contributed by atoms with Gasteiger partial charge in [-0.15, -0.1) is 0 Å². The number of rotatable bonds is 3. The summed E-state index contributed by atoms with van der Waals surface area (Å²) >= 11 is 0. The number of halogens is 3. The zero-order valence-electron chi connectivity index (χ0n) is 15.7. The molecule has 30 heavy (non-hydrogen) atoms. The van der Waals surface area contributed by atoms with Crippen LogP contribution in [0.1, 0.15) is 18.2 Å². The monoisotopic (exact) mass is 405 g/mol. The smallest absolute Gasteiger partial charge is 0.185 e. The Morgan fingerprint density at radius 2 is 1.73 bits per heavy atom. The second-order valence-corrected chi connectivity index (χ2v) is 7.15. The average Bonchev–Trinajstić information content (AvgIpc) is 3.17. The Balaban J connectivity index is 1.65. The van der Waals surface area contributed by atoms with Crippen molar-refractivity contribution in [3.8, 4) is 11.3 Å². The molecule has 148 valence electrons. The van der Waals surface area contributed by atoms with Gasteiger partial charge >= 0.3 is 0 Å². The maximum absolute atomic E-state index is 16.0. The van der Waals surface area contributed by atoms with Crippen LogP contribution in [0.3, 0.4) is 0 Å². The summed E-state index contributed by atoms with van der Waals surface area (Å²) in [4.78, 5) is 8.65. The van der Waals surface area contributed by atoms with Crippen LogP contribution in [-0.2, 0) is 5.67 Å². The Morgan fingerprint density at radius 3 is 2.53 bits per heavy atom. The summed E-state index contributed by atoms with van der Waals surface area (Å²) in [6, 6.07) is 14.9. The van der Waals surface area contributed by atoms with E-state index < -0.39 is 17.3 Å². The largest absolute Gasteiger partial charge is 0.354 e. The van der Waals surface area contributed by atoms with E-state index in [0.29, 0.717) is 5.56 Å². The van der Waals surface area contributed by atoms with Gasteiger partial charge in [-0.2, -0.15) is 0 Å². The van der Waals surface area contributed by atoms with E-state index in [0.717, 1.165) is 29.1 Å². The maximum atomic E-state index is 16.0. The number of hydrogen-bond acceptors (Lipinski definition) is 4. The van der Waals surface area contributed by atoms with E-state index in [4.69, 9.17) is 4.52 Å². The van der Waals surface area contributed by atoms with E-state index in [2.05, 4.69) is 15.1 Å². The van der Waals surface area contributed by atoms with Crippen LogP contribution < -0.4 is 0 Å². The van der Waals surface area contributed by atoms with Crippen LogP contribution in [0.2, 0.25) is 0 Å². The highest BCUT2D eigenvalue weighted by atomic mass is 19.1. The Labute approximate surface area is 169 Å². The molecule has 1 unspecified atom stereocenters. The summed E-state index contributed by atoms with van der Waals surface area (Å²) in [5, 5.41) is 4.70. The SMILES string of the molecule is CC(F)(c1ccc2ncccc2c1)c1noc2ccc(-c3cc(F)cc(F)c3)nc12. The molecule has 0 radical (unpaired) electrons. The van der Waals surface area contributed by atoms with Gasteiger partial charge in [-0.05, 0) is 55.0 Å². The van der Waals surface area contributed by atoms with Gasteiger partial charge in [0, 0.05) is 23.2 Å². The molecular formula is C23H14F3N3O. The minimum Gasteiger partial charge on any atom is -0.354 e. The summed E-state index contributed by atoms with van der Waals surface area (Å²) in [6.45, 7) is 1.37. The highest BCUT2D eigenvalue weighted by molar-refractivity contribution is 5.82. The molecule has 0 bridgehead atoms. The molecule has 0 saturated carbocycles. The standard InChI is InChI=1S/C23H14F3N3O/c1-23(26,15-4-5-18-13(9-15)3-2-8-27-18)22-21-20(30-29-22)7-6-19(28-21)14-10-16(24)12-17(25)11-14/h2-12H,1H3. The van der Waals surface area contributed by atoms with Crippen molar-refractivity contribution in [3.05, 3.63) is 89.8 Å². The van der Waals surface area contributed by atoms with Gasteiger partial charge in [0.05, 0.1) is 11.2 Å². The van der Waals surface area contributed by atoms with Crippen LogP contribution in [0.25, 0.3) is 33.3 Å². The first-order chi connectivity index (χ1) is 14.4. The Bertz CT molecular complexity index is 1390. The fourth-order valence-electron chi connectivity index (χ4n) is 3.50. The van der Waals surface area contributed by atoms with Crippen molar-refractivity contribution in [2.45, 2.75) is 12.6 Å². The van der Waals surface area contributed by atoms with Crippen LogP contribution in [-0.4, -0.2) is 15.1 Å². The molecule has 3 heterocycles. The molecule has 0 amide bonds. The maximum Gasteiger partial charge on any atom is 0.185 e. The third-order valence-corrected chi connectivity index (χ3v) is 5.07. The van der Waals surface area contributed by atoms with Crippen molar-refractivity contribution < 1.29 is 17.7 Å². The van der Waals surface area contributed by atoms with Gasteiger partial charge < -0.3 is 4.52 Å². The molecule has 7 heteroatoms. The average molecular weight is 405 g/mol. The highest BCUT2D eigenvalue weighted by Gasteiger charge is 2.35. The lowest BCUT2D eigenvalue weighted by Gasteiger charge is -2.18. The van der Waals surface area contributed by atoms with Crippen molar-refractivity contribution >= 4 is 22.0 Å². The number of alkyl halides is 1. The summed E-state index contributed by atoms with van der Waals surface area (Å²) in [7, 11) is 0. The molecule has 5 aromatic rings. The van der Waals surface area contributed by atoms with E-state index in [1.54, 1.807) is 42.6 Å². The second kappa shape index (κ2) is 6.66. The highest BCUT2D eigenvalue weighted by Crippen LogP contribution is 2.38. The molecule has 0 aliphatic heterocycles. The van der Waals surface area contributed by atoms with Crippen molar-refractivity contribution in [1.29, 1.82) is 0 Å². The number of fused-ring (bicyclic) bond motifs is 2. The number of pyridine rings is 2. The molecule has 0 N–H and O–H groups in total. The quantitative estimate of drug-likeness (QED) is 0.372. The van der Waals surface area contributed by atoms with Gasteiger partial charge in [0.25, 0.3) is 0 Å². The second-order valence-electron chi connectivity index (χ2n) is 7.15. The van der Waals surface area contributed by atoms with E-state index in [1.165, 1.54) is 6.92 Å². The van der Waals surface area contributed by atoms with Gasteiger partial charge in [-0.3, -0.25) is 4.98 Å². The minimum atomic E-state index is -2.02. The summed E-state index contributed by atoms with van der Waals surface area (Å²) < 4.78 is 48.5. The fourth-order valence-corrected chi connectivity index (χ4v) is 3.50. The van der Waals surface area contributed by atoms with Crippen LogP contribution in [0.15, 0.2) is 71.4 Å². The van der Waals surface area contributed by atoms with Gasteiger partial charge in [0.15, 0.2) is 16.9 Å². The molecule has 3 aromatic heterocycles. The van der Waals surface area contributed by atoms with E-state index in [9.17, 15) is 8.78 Å². The molecule has 2 aromatic carbocycles.